The van der Waals surface area contributed by atoms with Gasteiger partial charge in [0.1, 0.15) is 5.82 Å². The average molecular weight is 219 g/mol. The van der Waals surface area contributed by atoms with Gasteiger partial charge in [0, 0.05) is 0 Å². The predicted octanol–water partition coefficient (Wildman–Crippen LogP) is 1.07. The van der Waals surface area contributed by atoms with E-state index in [-0.39, 0.29) is 11.3 Å². The highest BCUT2D eigenvalue weighted by molar-refractivity contribution is 7.80. The van der Waals surface area contributed by atoms with Crippen LogP contribution >= 0.6 is 0 Å². The molecule has 0 saturated carbocycles. The molecule has 76 valence electrons. The van der Waals surface area contributed by atoms with Crippen molar-refractivity contribution in [2.45, 2.75) is 0 Å². The van der Waals surface area contributed by atoms with Crippen molar-refractivity contribution in [3.8, 4) is 0 Å². The van der Waals surface area contributed by atoms with Crippen LogP contribution in [-0.2, 0) is 11.3 Å². The van der Waals surface area contributed by atoms with E-state index in [0.29, 0.717) is 0 Å². The van der Waals surface area contributed by atoms with Crippen LogP contribution < -0.4 is 4.72 Å². The summed E-state index contributed by atoms with van der Waals surface area (Å²) in [5, 5.41) is 8.49. The van der Waals surface area contributed by atoms with Crippen molar-refractivity contribution in [3.05, 3.63) is 29.6 Å². The number of aromatic carboxylic acids is 1. The van der Waals surface area contributed by atoms with Crippen molar-refractivity contribution >= 4 is 22.9 Å². The van der Waals surface area contributed by atoms with Crippen molar-refractivity contribution in [1.29, 1.82) is 0 Å². The minimum Gasteiger partial charge on any atom is -0.478 e. The van der Waals surface area contributed by atoms with Crippen LogP contribution in [0.2, 0.25) is 0 Å². The highest BCUT2D eigenvalue weighted by Crippen LogP contribution is 2.15. The van der Waals surface area contributed by atoms with Crippen LogP contribution in [-0.4, -0.2) is 19.8 Å². The van der Waals surface area contributed by atoms with Crippen LogP contribution in [0.4, 0.5) is 10.1 Å². The third kappa shape index (κ3) is 2.51. The molecular weight excluding hydrogens is 213 g/mol. The number of halogens is 1. The maximum absolute atomic E-state index is 13.0. The Morgan fingerprint density at radius 2 is 2.14 bits per heavy atom. The van der Waals surface area contributed by atoms with Gasteiger partial charge < -0.3 is 5.11 Å². The molecule has 0 heterocycles. The van der Waals surface area contributed by atoms with E-state index >= 15 is 0 Å². The fourth-order valence-electron chi connectivity index (χ4n) is 0.825. The standard InChI is InChI=1S/C7H6FNO4S/c8-5-3-4(7(10)11)1-2-6(5)9-14(12)13/h1-3,9H,(H,10,11)(H,12,13). The van der Waals surface area contributed by atoms with Gasteiger partial charge in [0.25, 0.3) is 11.3 Å². The lowest BCUT2D eigenvalue weighted by Gasteiger charge is -2.03. The first-order chi connectivity index (χ1) is 6.50. The Balaban J connectivity index is 3.01. The quantitative estimate of drug-likeness (QED) is 0.664. The second-order valence-electron chi connectivity index (χ2n) is 2.35. The minimum atomic E-state index is -2.38. The lowest BCUT2D eigenvalue weighted by molar-refractivity contribution is 0.0696. The zero-order valence-corrected chi connectivity index (χ0v) is 7.55. The molecule has 1 aromatic carbocycles. The van der Waals surface area contributed by atoms with Crippen LogP contribution in [0, 0.1) is 5.82 Å². The summed E-state index contributed by atoms with van der Waals surface area (Å²) in [6, 6.07) is 2.96. The van der Waals surface area contributed by atoms with Crippen LogP contribution in [0.25, 0.3) is 0 Å². The molecule has 0 amide bonds. The minimum absolute atomic E-state index is 0.225. The Morgan fingerprint density at radius 3 is 2.57 bits per heavy atom. The SMILES string of the molecule is O=C(O)c1ccc(NS(=O)O)c(F)c1. The highest BCUT2D eigenvalue weighted by Gasteiger charge is 2.08. The Bertz CT molecular complexity index is 395. The molecule has 14 heavy (non-hydrogen) atoms. The van der Waals surface area contributed by atoms with Crippen molar-refractivity contribution < 1.29 is 23.1 Å². The lowest BCUT2D eigenvalue weighted by atomic mass is 10.2. The van der Waals surface area contributed by atoms with E-state index in [1.54, 1.807) is 0 Å². The smallest absolute Gasteiger partial charge is 0.335 e. The van der Waals surface area contributed by atoms with E-state index in [9.17, 15) is 13.4 Å². The summed E-state index contributed by atoms with van der Waals surface area (Å²) in [7, 11) is 0. The highest BCUT2D eigenvalue weighted by atomic mass is 32.2. The summed E-state index contributed by atoms with van der Waals surface area (Å²) in [6.07, 6.45) is 0. The molecule has 1 rings (SSSR count). The topological polar surface area (TPSA) is 86.6 Å². The first-order valence-corrected chi connectivity index (χ1v) is 4.51. The molecule has 0 spiro atoms. The van der Waals surface area contributed by atoms with Crippen LogP contribution in [0.1, 0.15) is 10.4 Å². The van der Waals surface area contributed by atoms with Gasteiger partial charge in [-0.1, -0.05) is 0 Å². The number of hydrogen-bond acceptors (Lipinski definition) is 2. The summed E-state index contributed by atoms with van der Waals surface area (Å²) in [5.74, 6) is -2.16. The number of carbonyl (C=O) groups is 1. The van der Waals surface area contributed by atoms with Crippen LogP contribution in [0.5, 0.6) is 0 Å². The van der Waals surface area contributed by atoms with E-state index in [2.05, 4.69) is 0 Å². The summed E-state index contributed by atoms with van der Waals surface area (Å²) >= 11 is -2.38. The van der Waals surface area contributed by atoms with Crippen molar-refractivity contribution in [1.82, 2.24) is 0 Å². The fourth-order valence-corrected chi connectivity index (χ4v) is 1.18. The zero-order valence-electron chi connectivity index (χ0n) is 6.73. The van der Waals surface area contributed by atoms with Gasteiger partial charge in [-0.15, -0.1) is 0 Å². The van der Waals surface area contributed by atoms with Gasteiger partial charge in [-0.05, 0) is 18.2 Å². The number of anilines is 1. The summed E-state index contributed by atoms with van der Waals surface area (Å²) in [6.45, 7) is 0. The Morgan fingerprint density at radius 1 is 1.50 bits per heavy atom. The molecular formula is C7H6FNO4S. The Kier molecular flexibility index (Phi) is 3.15. The fraction of sp³-hybridized carbons (Fsp3) is 0. The van der Waals surface area contributed by atoms with Gasteiger partial charge in [-0.25, -0.2) is 13.4 Å². The molecule has 0 radical (unpaired) electrons. The molecule has 1 atom stereocenters. The number of benzene rings is 1. The monoisotopic (exact) mass is 219 g/mol. The number of nitrogens with one attached hydrogen (secondary N) is 1. The van der Waals surface area contributed by atoms with Crippen LogP contribution in [0.15, 0.2) is 18.2 Å². The van der Waals surface area contributed by atoms with Gasteiger partial charge in [0.15, 0.2) is 0 Å². The number of carboxylic acid groups (broad SMARTS) is 1. The second kappa shape index (κ2) is 4.16. The first-order valence-electron chi connectivity index (χ1n) is 3.41. The Labute approximate surface area is 81.0 Å². The molecule has 3 N–H and O–H groups in total. The second-order valence-corrected chi connectivity index (χ2v) is 3.05. The van der Waals surface area contributed by atoms with Gasteiger partial charge in [-0.3, -0.25) is 9.27 Å². The maximum Gasteiger partial charge on any atom is 0.335 e. The number of rotatable bonds is 3. The first kappa shape index (κ1) is 10.6. The summed E-state index contributed by atoms with van der Waals surface area (Å²) < 4.78 is 33.5. The molecule has 0 aliphatic heterocycles. The number of hydrogen-bond donors (Lipinski definition) is 3. The molecule has 5 nitrogen and oxygen atoms in total. The molecule has 1 aromatic rings. The average Bonchev–Trinajstić information content (AvgIpc) is 2.07. The van der Waals surface area contributed by atoms with Gasteiger partial charge in [0.05, 0.1) is 11.3 Å². The molecule has 0 fully saturated rings. The zero-order chi connectivity index (χ0) is 10.7. The van der Waals surface area contributed by atoms with Gasteiger partial charge >= 0.3 is 5.97 Å². The van der Waals surface area contributed by atoms with Gasteiger partial charge in [0.2, 0.25) is 0 Å². The Hall–Kier alpha value is -1.47. The number of carboxylic acids is 1. The van der Waals surface area contributed by atoms with E-state index in [1.165, 1.54) is 0 Å². The molecule has 1 unspecified atom stereocenters. The van der Waals surface area contributed by atoms with E-state index in [4.69, 9.17) is 9.66 Å². The van der Waals surface area contributed by atoms with E-state index in [1.807, 2.05) is 4.72 Å². The van der Waals surface area contributed by atoms with Crippen LogP contribution in [0.3, 0.4) is 0 Å². The lowest BCUT2D eigenvalue weighted by Crippen LogP contribution is -2.05. The largest absolute Gasteiger partial charge is 0.478 e. The molecule has 0 aromatic heterocycles. The maximum atomic E-state index is 13.0. The predicted molar refractivity (Wildman–Crippen MR) is 47.8 cm³/mol. The van der Waals surface area contributed by atoms with Crippen molar-refractivity contribution in [2.75, 3.05) is 4.72 Å². The molecule has 7 heteroatoms. The molecule has 0 bridgehead atoms. The summed E-state index contributed by atoms with van der Waals surface area (Å²) in [4.78, 5) is 10.4. The third-order valence-corrected chi connectivity index (χ3v) is 1.81. The van der Waals surface area contributed by atoms with Crippen molar-refractivity contribution in [3.63, 3.8) is 0 Å². The van der Waals surface area contributed by atoms with E-state index in [0.717, 1.165) is 18.2 Å². The summed E-state index contributed by atoms with van der Waals surface area (Å²) in [5.41, 5.74) is -0.451. The van der Waals surface area contributed by atoms with E-state index < -0.39 is 23.1 Å². The normalized spacial score (nSPS) is 12.1. The molecule has 0 aliphatic rings. The molecule has 0 saturated heterocycles. The molecule has 0 aliphatic carbocycles. The van der Waals surface area contributed by atoms with Gasteiger partial charge in [-0.2, -0.15) is 0 Å². The van der Waals surface area contributed by atoms with Crippen molar-refractivity contribution in [2.24, 2.45) is 0 Å². The third-order valence-electron chi connectivity index (χ3n) is 1.41.